The molecule has 0 aliphatic heterocycles. The summed E-state index contributed by atoms with van der Waals surface area (Å²) >= 11 is 0. The SMILES string of the molecule is OC(Cn1cc(-c2cc(F)cc3c2-c2ccccc2C3(O)C(F)(F)F)cn1)C(F)(F)F. The molecule has 1 aliphatic rings. The summed E-state index contributed by atoms with van der Waals surface area (Å²) < 4.78 is 94.6. The van der Waals surface area contributed by atoms with Gasteiger partial charge in [0.2, 0.25) is 5.60 Å². The highest BCUT2D eigenvalue weighted by Crippen LogP contribution is 2.57. The zero-order valence-electron chi connectivity index (χ0n) is 15.3. The fraction of sp³-hybridized carbons (Fsp3) is 0.250. The van der Waals surface area contributed by atoms with Gasteiger partial charge in [-0.05, 0) is 28.8 Å². The highest BCUT2D eigenvalue weighted by atomic mass is 19.4. The molecule has 164 valence electrons. The Balaban J connectivity index is 1.89. The number of alkyl halides is 6. The number of fused-ring (bicyclic) bond motifs is 3. The molecule has 1 heterocycles. The third-order valence-electron chi connectivity index (χ3n) is 5.17. The van der Waals surface area contributed by atoms with Crippen LogP contribution in [0, 0.1) is 5.82 Å². The summed E-state index contributed by atoms with van der Waals surface area (Å²) in [4.78, 5) is 0. The molecule has 4 nitrogen and oxygen atoms in total. The van der Waals surface area contributed by atoms with E-state index in [1.54, 1.807) is 0 Å². The summed E-state index contributed by atoms with van der Waals surface area (Å²) in [6.07, 6.45) is -10.7. The average Bonchev–Trinajstić information content (AvgIpc) is 3.23. The zero-order chi connectivity index (χ0) is 22.8. The Labute approximate surface area is 170 Å². The predicted molar refractivity (Wildman–Crippen MR) is 94.2 cm³/mol. The van der Waals surface area contributed by atoms with Gasteiger partial charge in [-0.25, -0.2) is 4.39 Å². The number of rotatable bonds is 3. The lowest BCUT2D eigenvalue weighted by molar-refractivity contribution is -0.246. The molecule has 0 fully saturated rings. The van der Waals surface area contributed by atoms with E-state index in [1.165, 1.54) is 18.2 Å². The Bertz CT molecular complexity index is 1150. The van der Waals surface area contributed by atoms with Crippen LogP contribution in [-0.2, 0) is 12.1 Å². The Morgan fingerprint density at radius 1 is 1.00 bits per heavy atom. The number of aliphatic hydroxyl groups excluding tert-OH is 1. The normalized spacial score (nSPS) is 19.3. The predicted octanol–water partition coefficient (Wildman–Crippen LogP) is 4.39. The van der Waals surface area contributed by atoms with Gasteiger partial charge < -0.3 is 10.2 Å². The van der Waals surface area contributed by atoms with Crippen LogP contribution in [0.5, 0.6) is 0 Å². The molecule has 0 saturated heterocycles. The Morgan fingerprint density at radius 3 is 2.32 bits per heavy atom. The molecule has 1 aromatic heterocycles. The number of halogens is 7. The smallest absolute Gasteiger partial charge is 0.382 e. The quantitative estimate of drug-likeness (QED) is 0.587. The van der Waals surface area contributed by atoms with Crippen LogP contribution >= 0.6 is 0 Å². The van der Waals surface area contributed by atoms with Gasteiger partial charge in [0, 0.05) is 22.9 Å². The van der Waals surface area contributed by atoms with Crippen molar-refractivity contribution in [1.82, 2.24) is 9.78 Å². The first-order valence-corrected chi connectivity index (χ1v) is 8.84. The van der Waals surface area contributed by atoms with Crippen molar-refractivity contribution in [2.45, 2.75) is 30.6 Å². The van der Waals surface area contributed by atoms with Crippen LogP contribution < -0.4 is 0 Å². The number of hydrogen-bond acceptors (Lipinski definition) is 3. The highest BCUT2D eigenvalue weighted by molar-refractivity contribution is 5.92. The molecule has 0 saturated carbocycles. The van der Waals surface area contributed by atoms with Crippen molar-refractivity contribution in [2.24, 2.45) is 0 Å². The van der Waals surface area contributed by atoms with E-state index in [1.807, 2.05) is 0 Å². The number of aromatic nitrogens is 2. The molecule has 3 aromatic rings. The molecule has 0 spiro atoms. The topological polar surface area (TPSA) is 58.3 Å². The van der Waals surface area contributed by atoms with Gasteiger partial charge >= 0.3 is 12.4 Å². The van der Waals surface area contributed by atoms with Crippen LogP contribution in [0.1, 0.15) is 11.1 Å². The minimum Gasteiger partial charge on any atom is -0.382 e. The van der Waals surface area contributed by atoms with Crippen molar-refractivity contribution >= 4 is 0 Å². The summed E-state index contributed by atoms with van der Waals surface area (Å²) in [6.45, 7) is -0.954. The second-order valence-corrected chi connectivity index (χ2v) is 7.14. The summed E-state index contributed by atoms with van der Waals surface area (Å²) in [5.41, 5.74) is -4.83. The van der Waals surface area contributed by atoms with E-state index in [4.69, 9.17) is 0 Å². The highest BCUT2D eigenvalue weighted by Gasteiger charge is 2.61. The molecule has 31 heavy (non-hydrogen) atoms. The maximum Gasteiger partial charge on any atom is 0.425 e. The van der Waals surface area contributed by atoms with E-state index >= 15 is 0 Å². The maximum atomic E-state index is 14.3. The molecule has 4 rings (SSSR count). The van der Waals surface area contributed by atoms with Gasteiger partial charge in [-0.15, -0.1) is 0 Å². The van der Waals surface area contributed by atoms with Crippen LogP contribution in [0.15, 0.2) is 48.8 Å². The summed E-state index contributed by atoms with van der Waals surface area (Å²) in [5, 5.41) is 23.6. The third kappa shape index (κ3) is 3.28. The van der Waals surface area contributed by atoms with E-state index in [9.17, 15) is 40.9 Å². The summed E-state index contributed by atoms with van der Waals surface area (Å²) in [6, 6.07) is 6.66. The van der Waals surface area contributed by atoms with Crippen LogP contribution in [-0.4, -0.2) is 38.5 Å². The second kappa shape index (κ2) is 6.79. The van der Waals surface area contributed by atoms with Crippen LogP contribution in [0.4, 0.5) is 30.7 Å². The van der Waals surface area contributed by atoms with E-state index in [0.717, 1.165) is 29.2 Å². The van der Waals surface area contributed by atoms with Gasteiger partial charge in [-0.1, -0.05) is 24.3 Å². The van der Waals surface area contributed by atoms with Crippen LogP contribution in [0.2, 0.25) is 0 Å². The number of nitrogens with zero attached hydrogens (tertiary/aromatic N) is 2. The summed E-state index contributed by atoms with van der Waals surface area (Å²) in [5.74, 6) is -1.08. The molecular formula is C20H13F7N2O2. The van der Waals surface area contributed by atoms with Gasteiger partial charge in [0.25, 0.3) is 0 Å². The van der Waals surface area contributed by atoms with Gasteiger partial charge in [-0.2, -0.15) is 31.4 Å². The Morgan fingerprint density at radius 2 is 1.68 bits per heavy atom. The lowest BCUT2D eigenvalue weighted by Crippen LogP contribution is -2.41. The van der Waals surface area contributed by atoms with Gasteiger partial charge in [-0.3, -0.25) is 4.68 Å². The number of benzene rings is 2. The standard InChI is InChI=1S/C20H13F7N2O2/c21-11-5-13(10-7-28-29(8-10)9-16(30)19(22,23)24)17-12-3-1-2-4-14(12)18(31,15(17)6-11)20(25,26)27/h1-8,16,30-31H,9H2. The Hall–Kier alpha value is -2.92. The van der Waals surface area contributed by atoms with Gasteiger partial charge in [0.15, 0.2) is 6.10 Å². The molecule has 2 N–H and O–H groups in total. The molecule has 0 bridgehead atoms. The largest absolute Gasteiger partial charge is 0.425 e. The Kier molecular flexibility index (Phi) is 4.67. The van der Waals surface area contributed by atoms with E-state index in [-0.39, 0.29) is 22.3 Å². The number of hydrogen-bond donors (Lipinski definition) is 2. The van der Waals surface area contributed by atoms with Crippen molar-refractivity contribution in [3.05, 3.63) is 65.7 Å². The molecule has 2 atom stereocenters. The average molecular weight is 446 g/mol. The van der Waals surface area contributed by atoms with Crippen LogP contribution in [0.25, 0.3) is 22.3 Å². The minimum atomic E-state index is -5.17. The first kappa shape index (κ1) is 21.3. The lowest BCUT2D eigenvalue weighted by Gasteiger charge is -2.28. The molecule has 0 amide bonds. The van der Waals surface area contributed by atoms with Crippen molar-refractivity contribution in [3.63, 3.8) is 0 Å². The van der Waals surface area contributed by atoms with Crippen molar-refractivity contribution in [3.8, 4) is 22.3 Å². The second-order valence-electron chi connectivity index (χ2n) is 7.14. The third-order valence-corrected chi connectivity index (χ3v) is 5.17. The van der Waals surface area contributed by atoms with Gasteiger partial charge in [0.1, 0.15) is 5.82 Å². The van der Waals surface area contributed by atoms with Gasteiger partial charge in [0.05, 0.1) is 12.7 Å². The van der Waals surface area contributed by atoms with E-state index in [2.05, 4.69) is 5.10 Å². The lowest BCUT2D eigenvalue weighted by atomic mass is 9.89. The van der Waals surface area contributed by atoms with Crippen molar-refractivity contribution in [1.29, 1.82) is 0 Å². The molecule has 11 heteroatoms. The van der Waals surface area contributed by atoms with Crippen molar-refractivity contribution in [2.75, 3.05) is 0 Å². The fourth-order valence-corrected chi connectivity index (χ4v) is 3.76. The molecule has 2 unspecified atom stereocenters. The van der Waals surface area contributed by atoms with E-state index < -0.39 is 47.5 Å². The van der Waals surface area contributed by atoms with Crippen LogP contribution in [0.3, 0.4) is 0 Å². The monoisotopic (exact) mass is 446 g/mol. The molecule has 1 aliphatic carbocycles. The first-order chi connectivity index (χ1) is 14.3. The molecule has 0 radical (unpaired) electrons. The minimum absolute atomic E-state index is 0.00963. The van der Waals surface area contributed by atoms with Crippen molar-refractivity contribution < 1.29 is 40.9 Å². The number of aliphatic hydroxyl groups is 2. The fourth-order valence-electron chi connectivity index (χ4n) is 3.76. The molecular weight excluding hydrogens is 433 g/mol. The zero-order valence-corrected chi connectivity index (χ0v) is 15.3. The summed E-state index contributed by atoms with van der Waals surface area (Å²) in [7, 11) is 0. The van der Waals surface area contributed by atoms with E-state index in [0.29, 0.717) is 6.07 Å². The molecule has 2 aromatic carbocycles. The maximum absolute atomic E-state index is 14.3. The first-order valence-electron chi connectivity index (χ1n) is 8.84.